The van der Waals surface area contributed by atoms with Gasteiger partial charge in [0.1, 0.15) is 10.8 Å². The molecule has 6 nitrogen and oxygen atoms in total. The van der Waals surface area contributed by atoms with E-state index in [4.69, 9.17) is 11.6 Å². The van der Waals surface area contributed by atoms with Crippen molar-refractivity contribution in [2.24, 2.45) is 10.2 Å². The van der Waals surface area contributed by atoms with Gasteiger partial charge in [-0.05, 0) is 18.2 Å². The van der Waals surface area contributed by atoms with Crippen molar-refractivity contribution in [1.82, 2.24) is 0 Å². The van der Waals surface area contributed by atoms with Gasteiger partial charge in [0.25, 0.3) is 5.69 Å². The summed E-state index contributed by atoms with van der Waals surface area (Å²) in [6.07, 6.45) is 0. The van der Waals surface area contributed by atoms with Gasteiger partial charge < -0.3 is 5.11 Å². The maximum atomic E-state index is 10.9. The minimum atomic E-state index is -0.634. The molecule has 96 valence electrons. The van der Waals surface area contributed by atoms with E-state index in [9.17, 15) is 15.2 Å². The Bertz CT molecular complexity index is 644. The Hall–Kier alpha value is -2.47. The van der Waals surface area contributed by atoms with Crippen LogP contribution in [0.5, 0.6) is 5.75 Å². The summed E-state index contributed by atoms with van der Waals surface area (Å²) in [5, 5.41) is 27.7. The zero-order chi connectivity index (χ0) is 13.8. The van der Waals surface area contributed by atoms with Gasteiger partial charge in [0.15, 0.2) is 5.69 Å². The molecule has 0 aliphatic heterocycles. The highest BCUT2D eigenvalue weighted by molar-refractivity contribution is 6.34. The molecule has 19 heavy (non-hydrogen) atoms. The summed E-state index contributed by atoms with van der Waals surface area (Å²) in [7, 11) is 0. The molecule has 0 bridgehead atoms. The second-order valence-electron chi connectivity index (χ2n) is 3.56. The first-order chi connectivity index (χ1) is 9.09. The Morgan fingerprint density at radius 3 is 2.42 bits per heavy atom. The van der Waals surface area contributed by atoms with Crippen LogP contribution in [0.3, 0.4) is 0 Å². The Kier molecular flexibility index (Phi) is 3.72. The zero-order valence-corrected chi connectivity index (χ0v) is 10.3. The van der Waals surface area contributed by atoms with Crippen LogP contribution in [0.4, 0.5) is 17.1 Å². The lowest BCUT2D eigenvalue weighted by atomic mass is 10.2. The molecule has 0 fully saturated rings. The highest BCUT2D eigenvalue weighted by atomic mass is 35.5. The number of nitro benzene ring substituents is 1. The van der Waals surface area contributed by atoms with Crippen LogP contribution in [0.15, 0.2) is 52.7 Å². The molecule has 0 aliphatic carbocycles. The van der Waals surface area contributed by atoms with Gasteiger partial charge in [-0.3, -0.25) is 10.1 Å². The average Bonchev–Trinajstić information content (AvgIpc) is 2.41. The molecule has 0 amide bonds. The van der Waals surface area contributed by atoms with Gasteiger partial charge in [0, 0.05) is 6.07 Å². The van der Waals surface area contributed by atoms with E-state index in [1.807, 2.05) is 6.07 Å². The van der Waals surface area contributed by atoms with E-state index < -0.39 is 4.92 Å². The molecule has 2 aromatic carbocycles. The number of nitro groups is 1. The van der Waals surface area contributed by atoms with Gasteiger partial charge in [-0.15, -0.1) is 5.11 Å². The molecule has 1 N–H and O–H groups in total. The van der Waals surface area contributed by atoms with E-state index in [-0.39, 0.29) is 22.1 Å². The fourth-order valence-corrected chi connectivity index (χ4v) is 1.59. The predicted octanol–water partition coefficient (Wildman–Crippen LogP) is 4.37. The van der Waals surface area contributed by atoms with E-state index in [1.165, 1.54) is 0 Å². The monoisotopic (exact) mass is 277 g/mol. The number of benzene rings is 2. The molecule has 0 radical (unpaired) electrons. The van der Waals surface area contributed by atoms with E-state index >= 15 is 0 Å². The maximum absolute atomic E-state index is 10.9. The number of phenols is 1. The van der Waals surface area contributed by atoms with Crippen molar-refractivity contribution in [3.63, 3.8) is 0 Å². The average molecular weight is 278 g/mol. The van der Waals surface area contributed by atoms with Gasteiger partial charge in [0.05, 0.1) is 10.6 Å². The molecular formula is C12H8ClN3O3. The lowest BCUT2D eigenvalue weighted by Crippen LogP contribution is -1.88. The highest BCUT2D eigenvalue weighted by Gasteiger charge is 2.19. The minimum Gasteiger partial charge on any atom is -0.506 e. The largest absolute Gasteiger partial charge is 0.506 e. The lowest BCUT2D eigenvalue weighted by molar-refractivity contribution is -0.384. The van der Waals surface area contributed by atoms with Gasteiger partial charge in [-0.25, -0.2) is 0 Å². The number of nitrogens with zero attached hydrogens (tertiary/aromatic N) is 3. The number of azo groups is 1. The Morgan fingerprint density at radius 2 is 1.79 bits per heavy atom. The van der Waals surface area contributed by atoms with Crippen molar-refractivity contribution in [2.75, 3.05) is 0 Å². The molecular weight excluding hydrogens is 270 g/mol. The number of hydrogen-bond acceptors (Lipinski definition) is 5. The van der Waals surface area contributed by atoms with Crippen LogP contribution in [-0.2, 0) is 0 Å². The molecule has 2 rings (SSSR count). The van der Waals surface area contributed by atoms with Gasteiger partial charge in [0.2, 0.25) is 0 Å². The first kappa shape index (κ1) is 13.0. The second-order valence-corrected chi connectivity index (χ2v) is 3.94. The molecule has 0 saturated heterocycles. The Balaban J connectivity index is 2.47. The van der Waals surface area contributed by atoms with Gasteiger partial charge >= 0.3 is 0 Å². The van der Waals surface area contributed by atoms with E-state index in [2.05, 4.69) is 10.2 Å². The number of aromatic hydroxyl groups is 1. The normalized spacial score (nSPS) is 10.8. The van der Waals surface area contributed by atoms with Crippen molar-refractivity contribution in [2.45, 2.75) is 0 Å². The number of rotatable bonds is 3. The van der Waals surface area contributed by atoms with Gasteiger partial charge in [-0.1, -0.05) is 29.8 Å². The van der Waals surface area contributed by atoms with Crippen molar-refractivity contribution < 1.29 is 10.0 Å². The Labute approximate surface area is 113 Å². The molecule has 0 spiro atoms. The molecule has 0 unspecified atom stereocenters. The fourth-order valence-electron chi connectivity index (χ4n) is 1.39. The van der Waals surface area contributed by atoms with Crippen LogP contribution >= 0.6 is 11.6 Å². The first-order valence-corrected chi connectivity index (χ1v) is 5.60. The molecule has 0 saturated carbocycles. The molecule has 0 aliphatic rings. The standard InChI is InChI=1S/C12H8ClN3O3/c13-11-10(17)7-6-9(16(18)19)12(11)15-14-8-4-2-1-3-5-8/h1-7,17H. The summed E-state index contributed by atoms with van der Waals surface area (Å²) >= 11 is 5.80. The summed E-state index contributed by atoms with van der Waals surface area (Å²) in [5.41, 5.74) is 0.0363. The fraction of sp³-hybridized carbons (Fsp3) is 0. The van der Waals surface area contributed by atoms with Crippen LogP contribution in [0.2, 0.25) is 5.02 Å². The minimum absolute atomic E-state index is 0.171. The van der Waals surface area contributed by atoms with Crippen LogP contribution in [0.1, 0.15) is 0 Å². The maximum Gasteiger partial charge on any atom is 0.298 e. The molecule has 0 atom stereocenters. The summed E-state index contributed by atoms with van der Waals surface area (Å²) < 4.78 is 0. The topological polar surface area (TPSA) is 88.1 Å². The predicted molar refractivity (Wildman–Crippen MR) is 70.4 cm³/mol. The highest BCUT2D eigenvalue weighted by Crippen LogP contribution is 2.41. The third-order valence-corrected chi connectivity index (χ3v) is 2.67. The van der Waals surface area contributed by atoms with Crippen molar-refractivity contribution in [3.8, 4) is 5.75 Å². The summed E-state index contributed by atoms with van der Waals surface area (Å²) in [5.74, 6) is -0.283. The smallest absolute Gasteiger partial charge is 0.298 e. The van der Waals surface area contributed by atoms with E-state index in [1.54, 1.807) is 24.3 Å². The van der Waals surface area contributed by atoms with Crippen molar-refractivity contribution >= 4 is 28.7 Å². The zero-order valence-electron chi connectivity index (χ0n) is 9.52. The van der Waals surface area contributed by atoms with Crippen molar-refractivity contribution in [1.29, 1.82) is 0 Å². The summed E-state index contributed by atoms with van der Waals surface area (Å²) in [6.45, 7) is 0. The van der Waals surface area contributed by atoms with Crippen molar-refractivity contribution in [3.05, 3.63) is 57.6 Å². The van der Waals surface area contributed by atoms with E-state index in [0.29, 0.717) is 5.69 Å². The number of phenolic OH excluding ortho intramolecular Hbond substituents is 1. The van der Waals surface area contributed by atoms with Crippen LogP contribution < -0.4 is 0 Å². The second kappa shape index (κ2) is 5.45. The SMILES string of the molecule is O=[N+]([O-])c1ccc(O)c(Cl)c1N=Nc1ccccc1. The van der Waals surface area contributed by atoms with Crippen LogP contribution in [0, 0.1) is 10.1 Å². The van der Waals surface area contributed by atoms with Gasteiger partial charge in [-0.2, -0.15) is 5.11 Å². The third-order valence-electron chi connectivity index (χ3n) is 2.29. The molecule has 7 heteroatoms. The first-order valence-electron chi connectivity index (χ1n) is 5.22. The number of hydrogen-bond donors (Lipinski definition) is 1. The van der Waals surface area contributed by atoms with Crippen LogP contribution in [-0.4, -0.2) is 10.0 Å². The lowest BCUT2D eigenvalue weighted by Gasteiger charge is -2.01. The molecule has 2 aromatic rings. The molecule has 0 heterocycles. The Morgan fingerprint density at radius 1 is 1.11 bits per heavy atom. The summed E-state index contributed by atoms with van der Waals surface area (Å²) in [4.78, 5) is 10.2. The molecule has 0 aromatic heterocycles. The van der Waals surface area contributed by atoms with Crippen LogP contribution in [0.25, 0.3) is 0 Å². The third kappa shape index (κ3) is 2.86. The summed E-state index contributed by atoms with van der Waals surface area (Å²) in [6, 6.07) is 11.0. The van der Waals surface area contributed by atoms with E-state index in [0.717, 1.165) is 12.1 Å². The quantitative estimate of drug-likeness (QED) is 0.513. The number of halogens is 1.